The molecule has 0 aliphatic rings. The molecule has 0 atom stereocenters. The monoisotopic (exact) mass is 322 g/mol. The first-order chi connectivity index (χ1) is 8.70. The molecule has 0 radical (unpaired) electrons. The van der Waals surface area contributed by atoms with Gasteiger partial charge in [-0.2, -0.15) is 0 Å². The summed E-state index contributed by atoms with van der Waals surface area (Å²) in [7, 11) is 0. The molecule has 0 N–H and O–H groups in total. The second kappa shape index (κ2) is 6.17. The SMILES string of the molecule is O=C(c1ccc(Cl)cc1)c1ccc(CCBr)cc1. The third-order valence-corrected chi connectivity index (χ3v) is 3.35. The summed E-state index contributed by atoms with van der Waals surface area (Å²) < 4.78 is 0. The quantitative estimate of drug-likeness (QED) is 0.598. The first-order valence-corrected chi connectivity index (χ1v) is 7.16. The Kier molecular flexibility index (Phi) is 4.56. The first-order valence-electron chi connectivity index (χ1n) is 5.66. The molecular weight excluding hydrogens is 312 g/mol. The largest absolute Gasteiger partial charge is 0.289 e. The van der Waals surface area contributed by atoms with Crippen LogP contribution in [0.4, 0.5) is 0 Å². The standard InChI is InChI=1S/C15H12BrClO/c16-10-9-11-1-3-12(4-2-11)15(18)13-5-7-14(17)8-6-13/h1-8H,9-10H2. The predicted molar refractivity (Wildman–Crippen MR) is 78.8 cm³/mol. The molecule has 0 unspecified atom stereocenters. The van der Waals surface area contributed by atoms with Crippen LogP contribution in [0.15, 0.2) is 48.5 Å². The zero-order valence-electron chi connectivity index (χ0n) is 9.70. The average molecular weight is 324 g/mol. The van der Waals surface area contributed by atoms with Crippen molar-refractivity contribution in [3.63, 3.8) is 0 Å². The second-order valence-electron chi connectivity index (χ2n) is 3.97. The van der Waals surface area contributed by atoms with Gasteiger partial charge < -0.3 is 0 Å². The van der Waals surface area contributed by atoms with Crippen LogP contribution in [0.2, 0.25) is 5.02 Å². The molecule has 0 amide bonds. The minimum absolute atomic E-state index is 0.0251. The van der Waals surface area contributed by atoms with Gasteiger partial charge in [0.1, 0.15) is 0 Å². The predicted octanol–water partition coefficient (Wildman–Crippen LogP) is 4.51. The molecule has 18 heavy (non-hydrogen) atoms. The van der Waals surface area contributed by atoms with Gasteiger partial charge in [0, 0.05) is 21.5 Å². The number of alkyl halides is 1. The van der Waals surface area contributed by atoms with E-state index in [9.17, 15) is 4.79 Å². The van der Waals surface area contributed by atoms with Gasteiger partial charge in [0.05, 0.1) is 0 Å². The Morgan fingerprint density at radius 3 is 1.94 bits per heavy atom. The smallest absolute Gasteiger partial charge is 0.193 e. The van der Waals surface area contributed by atoms with E-state index in [-0.39, 0.29) is 5.78 Å². The normalized spacial score (nSPS) is 10.3. The van der Waals surface area contributed by atoms with Gasteiger partial charge in [-0.1, -0.05) is 51.8 Å². The number of halogens is 2. The molecule has 0 aliphatic heterocycles. The molecule has 0 bridgehead atoms. The highest BCUT2D eigenvalue weighted by Crippen LogP contribution is 2.15. The Morgan fingerprint density at radius 2 is 1.44 bits per heavy atom. The lowest BCUT2D eigenvalue weighted by molar-refractivity contribution is 0.103. The number of carbonyl (C=O) groups is 1. The van der Waals surface area contributed by atoms with Crippen LogP contribution in [0.1, 0.15) is 21.5 Å². The molecule has 0 saturated heterocycles. The van der Waals surface area contributed by atoms with Crippen molar-refractivity contribution in [1.82, 2.24) is 0 Å². The molecule has 2 aromatic rings. The fourth-order valence-electron chi connectivity index (χ4n) is 1.70. The number of benzene rings is 2. The third kappa shape index (κ3) is 3.21. The van der Waals surface area contributed by atoms with Gasteiger partial charge in [-0.25, -0.2) is 0 Å². The van der Waals surface area contributed by atoms with Gasteiger partial charge in [0.15, 0.2) is 5.78 Å². The first kappa shape index (κ1) is 13.3. The molecular formula is C15H12BrClO. The van der Waals surface area contributed by atoms with E-state index in [1.54, 1.807) is 24.3 Å². The summed E-state index contributed by atoms with van der Waals surface area (Å²) >= 11 is 9.20. The maximum Gasteiger partial charge on any atom is 0.193 e. The van der Waals surface area contributed by atoms with Crippen LogP contribution in [0.3, 0.4) is 0 Å². The molecule has 1 nitrogen and oxygen atoms in total. The van der Waals surface area contributed by atoms with E-state index >= 15 is 0 Å². The summed E-state index contributed by atoms with van der Waals surface area (Å²) in [5.41, 5.74) is 2.59. The van der Waals surface area contributed by atoms with Crippen LogP contribution in [0.5, 0.6) is 0 Å². The molecule has 0 saturated carbocycles. The maximum absolute atomic E-state index is 12.2. The van der Waals surface area contributed by atoms with Crippen molar-refractivity contribution in [1.29, 1.82) is 0 Å². The van der Waals surface area contributed by atoms with Crippen LogP contribution < -0.4 is 0 Å². The molecule has 0 spiro atoms. The van der Waals surface area contributed by atoms with E-state index in [0.29, 0.717) is 16.1 Å². The Balaban J connectivity index is 2.20. The van der Waals surface area contributed by atoms with Crippen molar-refractivity contribution in [3.8, 4) is 0 Å². The van der Waals surface area contributed by atoms with Gasteiger partial charge in [0.2, 0.25) is 0 Å². The topological polar surface area (TPSA) is 17.1 Å². The van der Waals surface area contributed by atoms with Crippen molar-refractivity contribution in [2.75, 3.05) is 5.33 Å². The maximum atomic E-state index is 12.2. The van der Waals surface area contributed by atoms with Gasteiger partial charge in [-0.3, -0.25) is 4.79 Å². The van der Waals surface area contributed by atoms with E-state index in [2.05, 4.69) is 15.9 Å². The van der Waals surface area contributed by atoms with Crippen molar-refractivity contribution in [2.24, 2.45) is 0 Å². The van der Waals surface area contributed by atoms with Crippen LogP contribution in [-0.4, -0.2) is 11.1 Å². The van der Waals surface area contributed by atoms with Gasteiger partial charge in [-0.05, 0) is 36.2 Å². The van der Waals surface area contributed by atoms with E-state index in [0.717, 1.165) is 11.8 Å². The van der Waals surface area contributed by atoms with Crippen LogP contribution in [-0.2, 0) is 6.42 Å². The number of carbonyl (C=O) groups excluding carboxylic acids is 1. The minimum atomic E-state index is 0.0251. The molecule has 2 rings (SSSR count). The summed E-state index contributed by atoms with van der Waals surface area (Å²) in [5, 5.41) is 1.57. The zero-order chi connectivity index (χ0) is 13.0. The lowest BCUT2D eigenvalue weighted by Gasteiger charge is -2.03. The molecule has 0 heterocycles. The van der Waals surface area contributed by atoms with Gasteiger partial charge in [-0.15, -0.1) is 0 Å². The molecule has 2 aromatic carbocycles. The Bertz CT molecular complexity index is 531. The van der Waals surface area contributed by atoms with Gasteiger partial charge in [0.25, 0.3) is 0 Å². The fourth-order valence-corrected chi connectivity index (χ4v) is 2.28. The Labute approximate surface area is 120 Å². The van der Waals surface area contributed by atoms with Gasteiger partial charge >= 0.3 is 0 Å². The lowest BCUT2D eigenvalue weighted by Crippen LogP contribution is -2.01. The highest BCUT2D eigenvalue weighted by molar-refractivity contribution is 9.09. The van der Waals surface area contributed by atoms with Crippen LogP contribution in [0, 0.1) is 0 Å². The number of hydrogen-bond acceptors (Lipinski definition) is 1. The summed E-state index contributed by atoms with van der Waals surface area (Å²) in [4.78, 5) is 12.2. The number of ketones is 1. The lowest BCUT2D eigenvalue weighted by atomic mass is 10.0. The molecule has 0 aliphatic carbocycles. The third-order valence-electron chi connectivity index (χ3n) is 2.71. The zero-order valence-corrected chi connectivity index (χ0v) is 12.0. The average Bonchev–Trinajstić information content (AvgIpc) is 2.40. The Hall–Kier alpha value is -1.12. The molecule has 92 valence electrons. The van der Waals surface area contributed by atoms with Crippen LogP contribution in [0.25, 0.3) is 0 Å². The van der Waals surface area contributed by atoms with Crippen molar-refractivity contribution in [2.45, 2.75) is 6.42 Å². The van der Waals surface area contributed by atoms with Crippen molar-refractivity contribution < 1.29 is 4.79 Å². The van der Waals surface area contributed by atoms with E-state index in [1.165, 1.54) is 5.56 Å². The number of aryl methyl sites for hydroxylation is 1. The van der Waals surface area contributed by atoms with Crippen LogP contribution >= 0.6 is 27.5 Å². The molecule has 0 fully saturated rings. The van der Waals surface area contributed by atoms with E-state index in [4.69, 9.17) is 11.6 Å². The van der Waals surface area contributed by atoms with Crippen molar-refractivity contribution >= 4 is 33.3 Å². The minimum Gasteiger partial charge on any atom is -0.289 e. The van der Waals surface area contributed by atoms with Crippen molar-refractivity contribution in [3.05, 3.63) is 70.2 Å². The summed E-state index contributed by atoms with van der Waals surface area (Å²) in [6.45, 7) is 0. The summed E-state index contributed by atoms with van der Waals surface area (Å²) in [5.74, 6) is 0.0251. The Morgan fingerprint density at radius 1 is 0.944 bits per heavy atom. The molecule has 3 heteroatoms. The molecule has 0 aromatic heterocycles. The second-order valence-corrected chi connectivity index (χ2v) is 5.20. The highest BCUT2D eigenvalue weighted by Gasteiger charge is 2.08. The fraction of sp³-hybridized carbons (Fsp3) is 0.133. The van der Waals surface area contributed by atoms with E-state index in [1.807, 2.05) is 24.3 Å². The summed E-state index contributed by atoms with van der Waals surface area (Å²) in [6.07, 6.45) is 0.968. The van der Waals surface area contributed by atoms with E-state index < -0.39 is 0 Å². The number of hydrogen-bond donors (Lipinski definition) is 0. The summed E-state index contributed by atoms with van der Waals surface area (Å²) in [6, 6.07) is 14.7. The number of rotatable bonds is 4. The highest BCUT2D eigenvalue weighted by atomic mass is 79.9.